The summed E-state index contributed by atoms with van der Waals surface area (Å²) in [6.07, 6.45) is 8.04. The van der Waals surface area contributed by atoms with Gasteiger partial charge < -0.3 is 10.5 Å². The van der Waals surface area contributed by atoms with Gasteiger partial charge in [0.15, 0.2) is 0 Å². The Hall–Kier alpha value is -0.120. The quantitative estimate of drug-likeness (QED) is 0.794. The second-order valence-electron chi connectivity index (χ2n) is 8.40. The smallest absolute Gasteiger partial charge is 0.0674 e. The molecular weight excluding hydrogens is 260 g/mol. The van der Waals surface area contributed by atoms with E-state index < -0.39 is 0 Å². The number of hydrogen-bond acceptors (Lipinski definition) is 3. The Kier molecular flexibility index (Phi) is 5.72. The molecule has 0 amide bonds. The van der Waals surface area contributed by atoms with Gasteiger partial charge in [0, 0.05) is 31.8 Å². The van der Waals surface area contributed by atoms with Crippen LogP contribution in [0.15, 0.2) is 0 Å². The van der Waals surface area contributed by atoms with Crippen molar-refractivity contribution in [2.24, 2.45) is 17.1 Å². The fraction of sp³-hybridized carbons (Fsp3) is 1.00. The zero-order chi connectivity index (χ0) is 15.5. The summed E-state index contributed by atoms with van der Waals surface area (Å²) in [5.74, 6) is 0.839. The molecular formula is C18H36N2O. The minimum atomic E-state index is 0.224. The lowest BCUT2D eigenvalue weighted by molar-refractivity contribution is 0.0300. The molecule has 0 aromatic heterocycles. The van der Waals surface area contributed by atoms with E-state index in [1.807, 2.05) is 0 Å². The third kappa shape index (κ3) is 4.20. The van der Waals surface area contributed by atoms with E-state index in [4.69, 9.17) is 10.5 Å². The predicted octanol–water partition coefficient (Wildman–Crippen LogP) is 3.42. The van der Waals surface area contributed by atoms with Gasteiger partial charge in [-0.25, -0.2) is 0 Å². The first-order chi connectivity index (χ1) is 9.87. The van der Waals surface area contributed by atoms with Crippen LogP contribution in [0, 0.1) is 11.3 Å². The van der Waals surface area contributed by atoms with Gasteiger partial charge in [0.1, 0.15) is 0 Å². The monoisotopic (exact) mass is 296 g/mol. The molecule has 0 aromatic carbocycles. The van der Waals surface area contributed by atoms with Crippen LogP contribution < -0.4 is 5.73 Å². The van der Waals surface area contributed by atoms with Crippen molar-refractivity contribution in [3.05, 3.63) is 0 Å². The molecule has 0 spiro atoms. The standard InChI is InChI=1S/C18H36N2O/c1-15-13-20(11-6-12-21-15)18(14-19)9-5-7-16(8-10-18)17(2,3)4/h15-16H,5-14,19H2,1-4H3. The topological polar surface area (TPSA) is 38.5 Å². The van der Waals surface area contributed by atoms with Gasteiger partial charge in [-0.1, -0.05) is 27.2 Å². The van der Waals surface area contributed by atoms with E-state index in [1.165, 1.54) is 32.1 Å². The van der Waals surface area contributed by atoms with Gasteiger partial charge in [0.25, 0.3) is 0 Å². The Labute approximate surface area is 131 Å². The van der Waals surface area contributed by atoms with Gasteiger partial charge in [-0.2, -0.15) is 0 Å². The highest BCUT2D eigenvalue weighted by molar-refractivity contribution is 4.96. The fourth-order valence-corrected chi connectivity index (χ4v) is 4.33. The largest absolute Gasteiger partial charge is 0.377 e. The average Bonchev–Trinajstić information content (AvgIpc) is 2.76. The molecule has 0 radical (unpaired) electrons. The third-order valence-electron chi connectivity index (χ3n) is 5.88. The number of rotatable bonds is 2. The summed E-state index contributed by atoms with van der Waals surface area (Å²) in [4.78, 5) is 2.68. The van der Waals surface area contributed by atoms with E-state index in [-0.39, 0.29) is 5.54 Å². The van der Waals surface area contributed by atoms with Gasteiger partial charge >= 0.3 is 0 Å². The van der Waals surface area contributed by atoms with Crippen LogP contribution in [0.25, 0.3) is 0 Å². The Morgan fingerprint density at radius 2 is 1.95 bits per heavy atom. The molecule has 2 aliphatic rings. The summed E-state index contributed by atoms with van der Waals surface area (Å²) in [5, 5.41) is 0. The predicted molar refractivity (Wildman–Crippen MR) is 89.4 cm³/mol. The fourth-order valence-electron chi connectivity index (χ4n) is 4.33. The zero-order valence-electron chi connectivity index (χ0n) is 14.7. The van der Waals surface area contributed by atoms with Gasteiger partial charge in [0.05, 0.1) is 6.10 Å². The van der Waals surface area contributed by atoms with Crippen molar-refractivity contribution in [2.45, 2.75) is 77.9 Å². The first-order valence-electron chi connectivity index (χ1n) is 8.94. The van der Waals surface area contributed by atoms with Crippen molar-refractivity contribution < 1.29 is 4.74 Å². The SMILES string of the molecule is CC1CN(C2(CN)CCCC(C(C)(C)C)CC2)CCCO1. The van der Waals surface area contributed by atoms with E-state index in [1.54, 1.807) is 0 Å². The zero-order valence-corrected chi connectivity index (χ0v) is 14.7. The summed E-state index contributed by atoms with van der Waals surface area (Å²) in [6, 6.07) is 0. The molecule has 0 bridgehead atoms. The molecule has 2 N–H and O–H groups in total. The highest BCUT2D eigenvalue weighted by atomic mass is 16.5. The minimum Gasteiger partial charge on any atom is -0.377 e. The van der Waals surface area contributed by atoms with Crippen molar-refractivity contribution in [1.82, 2.24) is 4.90 Å². The summed E-state index contributed by atoms with van der Waals surface area (Å²) >= 11 is 0. The highest BCUT2D eigenvalue weighted by Gasteiger charge is 2.40. The molecule has 2 fully saturated rings. The molecule has 1 aliphatic carbocycles. The van der Waals surface area contributed by atoms with Crippen LogP contribution in [0.3, 0.4) is 0 Å². The van der Waals surface area contributed by atoms with Gasteiger partial charge in [-0.05, 0) is 50.4 Å². The first kappa shape index (κ1) is 17.2. The molecule has 1 aliphatic heterocycles. The molecule has 3 nitrogen and oxygen atoms in total. The maximum Gasteiger partial charge on any atom is 0.0674 e. The number of nitrogens with zero attached hydrogens (tertiary/aromatic N) is 1. The van der Waals surface area contributed by atoms with Crippen LogP contribution in [0.1, 0.15) is 66.2 Å². The van der Waals surface area contributed by atoms with Crippen molar-refractivity contribution in [1.29, 1.82) is 0 Å². The summed E-state index contributed by atoms with van der Waals surface area (Å²) < 4.78 is 5.84. The second-order valence-corrected chi connectivity index (χ2v) is 8.40. The molecule has 0 aromatic rings. The van der Waals surface area contributed by atoms with Crippen LogP contribution in [-0.4, -0.2) is 42.8 Å². The molecule has 3 heteroatoms. The van der Waals surface area contributed by atoms with Crippen molar-refractivity contribution in [3.63, 3.8) is 0 Å². The van der Waals surface area contributed by atoms with Gasteiger partial charge in [0.2, 0.25) is 0 Å². The van der Waals surface area contributed by atoms with Crippen molar-refractivity contribution in [2.75, 3.05) is 26.2 Å². The number of ether oxygens (including phenoxy) is 1. The van der Waals surface area contributed by atoms with Crippen LogP contribution in [0.4, 0.5) is 0 Å². The Balaban J connectivity index is 2.10. The van der Waals surface area contributed by atoms with E-state index >= 15 is 0 Å². The number of nitrogens with two attached hydrogens (primary N) is 1. The molecule has 124 valence electrons. The van der Waals surface area contributed by atoms with Crippen molar-refractivity contribution in [3.8, 4) is 0 Å². The molecule has 1 heterocycles. The maximum absolute atomic E-state index is 6.31. The summed E-state index contributed by atoms with van der Waals surface area (Å²) in [6.45, 7) is 13.3. The lowest BCUT2D eigenvalue weighted by atomic mass is 9.76. The second kappa shape index (κ2) is 6.97. The van der Waals surface area contributed by atoms with E-state index in [0.29, 0.717) is 11.5 Å². The Morgan fingerprint density at radius 3 is 2.62 bits per heavy atom. The summed E-state index contributed by atoms with van der Waals surface area (Å²) in [5.41, 5.74) is 6.96. The molecule has 3 unspecified atom stereocenters. The van der Waals surface area contributed by atoms with E-state index in [9.17, 15) is 0 Å². The number of hydrogen-bond donors (Lipinski definition) is 1. The minimum absolute atomic E-state index is 0.224. The highest BCUT2D eigenvalue weighted by Crippen LogP contribution is 2.41. The van der Waals surface area contributed by atoms with Crippen molar-refractivity contribution >= 4 is 0 Å². The lowest BCUT2D eigenvalue weighted by Gasteiger charge is -2.43. The third-order valence-corrected chi connectivity index (χ3v) is 5.88. The maximum atomic E-state index is 6.31. The Morgan fingerprint density at radius 1 is 1.19 bits per heavy atom. The lowest BCUT2D eigenvalue weighted by Crippen LogP contribution is -2.55. The van der Waals surface area contributed by atoms with Crippen LogP contribution in [0.5, 0.6) is 0 Å². The summed E-state index contributed by atoms with van der Waals surface area (Å²) in [7, 11) is 0. The first-order valence-corrected chi connectivity index (χ1v) is 8.94. The molecule has 1 saturated carbocycles. The molecule has 3 atom stereocenters. The van der Waals surface area contributed by atoms with Crippen LogP contribution in [0.2, 0.25) is 0 Å². The van der Waals surface area contributed by atoms with E-state index in [2.05, 4.69) is 32.6 Å². The Bertz CT molecular complexity index is 326. The average molecular weight is 296 g/mol. The van der Waals surface area contributed by atoms with Crippen LogP contribution in [-0.2, 0) is 4.74 Å². The molecule has 21 heavy (non-hydrogen) atoms. The van der Waals surface area contributed by atoms with E-state index in [0.717, 1.165) is 38.6 Å². The van der Waals surface area contributed by atoms with Gasteiger partial charge in [-0.3, -0.25) is 4.90 Å². The van der Waals surface area contributed by atoms with Crippen LogP contribution >= 0.6 is 0 Å². The molecule has 2 rings (SSSR count). The molecule has 1 saturated heterocycles. The normalized spacial score (nSPS) is 37.0. The van der Waals surface area contributed by atoms with Gasteiger partial charge in [-0.15, -0.1) is 0 Å².